The molecule has 25 heavy (non-hydrogen) atoms. The van der Waals surface area contributed by atoms with Crippen molar-refractivity contribution in [1.82, 2.24) is 0 Å². The van der Waals surface area contributed by atoms with Gasteiger partial charge in [0.05, 0.1) is 6.61 Å². The van der Waals surface area contributed by atoms with Gasteiger partial charge < -0.3 is 14.8 Å². The molecule has 4 heteroatoms. The lowest BCUT2D eigenvalue weighted by Gasteiger charge is -2.15. The third-order valence-corrected chi connectivity index (χ3v) is 4.01. The smallest absolute Gasteiger partial charge is 0.262 e. The van der Waals surface area contributed by atoms with Gasteiger partial charge in [0.15, 0.2) is 6.61 Å². The van der Waals surface area contributed by atoms with E-state index in [2.05, 4.69) is 32.2 Å². The van der Waals surface area contributed by atoms with E-state index in [-0.39, 0.29) is 12.5 Å². The number of rotatable bonds is 9. The lowest BCUT2D eigenvalue weighted by atomic mass is 9.98. The molecule has 134 valence electrons. The van der Waals surface area contributed by atoms with Gasteiger partial charge in [0.1, 0.15) is 11.5 Å². The number of benzene rings is 2. The van der Waals surface area contributed by atoms with Crippen molar-refractivity contribution < 1.29 is 14.3 Å². The molecule has 0 fully saturated rings. The summed E-state index contributed by atoms with van der Waals surface area (Å²) in [5, 5.41) is 2.85. The average Bonchev–Trinajstić information content (AvgIpc) is 2.64. The number of para-hydroxylation sites is 1. The van der Waals surface area contributed by atoms with E-state index in [4.69, 9.17) is 9.47 Å². The van der Waals surface area contributed by atoms with E-state index >= 15 is 0 Å². The minimum absolute atomic E-state index is 0.0203. The van der Waals surface area contributed by atoms with Gasteiger partial charge in [-0.15, -0.1) is 0 Å². The predicted molar refractivity (Wildman–Crippen MR) is 102 cm³/mol. The van der Waals surface area contributed by atoms with Gasteiger partial charge in [-0.05, 0) is 42.5 Å². The van der Waals surface area contributed by atoms with Crippen LogP contribution in [0.25, 0.3) is 0 Å². The Hall–Kier alpha value is -2.49. The van der Waals surface area contributed by atoms with E-state index in [1.165, 1.54) is 0 Å². The van der Waals surface area contributed by atoms with Crippen LogP contribution >= 0.6 is 0 Å². The molecular formula is C21H27NO3. The van der Waals surface area contributed by atoms with Crippen molar-refractivity contribution in [2.45, 2.75) is 39.5 Å². The lowest BCUT2D eigenvalue weighted by Crippen LogP contribution is -2.20. The second-order valence-corrected chi connectivity index (χ2v) is 6.06. The topological polar surface area (TPSA) is 47.6 Å². The highest BCUT2D eigenvalue weighted by Crippen LogP contribution is 2.28. The molecule has 0 heterocycles. The van der Waals surface area contributed by atoms with Crippen LogP contribution in [0.15, 0.2) is 48.5 Å². The molecule has 2 aromatic rings. The maximum absolute atomic E-state index is 12.2. The number of hydrogen-bond donors (Lipinski definition) is 1. The number of anilines is 1. The van der Waals surface area contributed by atoms with E-state index in [1.807, 2.05) is 42.5 Å². The summed E-state index contributed by atoms with van der Waals surface area (Å²) in [6.07, 6.45) is 1.97. The van der Waals surface area contributed by atoms with Crippen molar-refractivity contribution in [1.29, 1.82) is 0 Å². The highest BCUT2D eigenvalue weighted by molar-refractivity contribution is 5.92. The number of amides is 1. The molecule has 0 radical (unpaired) electrons. The summed E-state index contributed by atoms with van der Waals surface area (Å²) in [5.41, 5.74) is 1.84. The fourth-order valence-electron chi connectivity index (χ4n) is 2.46. The molecule has 0 aliphatic rings. The first-order chi connectivity index (χ1) is 12.1. The largest absolute Gasteiger partial charge is 0.494 e. The maximum atomic E-state index is 12.2. The Labute approximate surface area is 150 Å². The van der Waals surface area contributed by atoms with Crippen molar-refractivity contribution in [2.24, 2.45) is 0 Å². The van der Waals surface area contributed by atoms with Crippen LogP contribution in [-0.2, 0) is 4.79 Å². The van der Waals surface area contributed by atoms with Crippen LogP contribution < -0.4 is 14.8 Å². The van der Waals surface area contributed by atoms with Gasteiger partial charge >= 0.3 is 0 Å². The number of carbonyl (C=O) groups is 1. The second kappa shape index (κ2) is 9.72. The lowest BCUT2D eigenvalue weighted by molar-refractivity contribution is -0.118. The maximum Gasteiger partial charge on any atom is 0.262 e. The van der Waals surface area contributed by atoms with E-state index in [9.17, 15) is 4.79 Å². The summed E-state index contributed by atoms with van der Waals surface area (Å²) in [6, 6.07) is 15.3. The van der Waals surface area contributed by atoms with Crippen LogP contribution in [0.2, 0.25) is 0 Å². The molecule has 1 N–H and O–H groups in total. The molecule has 0 saturated carbocycles. The average molecular weight is 341 g/mol. The first kappa shape index (κ1) is 18.8. The molecule has 4 nitrogen and oxygen atoms in total. The standard InChI is InChI=1S/C21H27NO3/c1-4-13-24-18-10-8-9-17(14-18)22-21(23)15-25-20-12-7-6-11-19(20)16(3)5-2/h6-12,14,16H,4-5,13,15H2,1-3H3,(H,22,23). The Kier molecular flexibility index (Phi) is 7.33. The normalized spacial score (nSPS) is 11.6. The molecule has 0 aliphatic carbocycles. The third kappa shape index (κ3) is 5.82. The minimum Gasteiger partial charge on any atom is -0.494 e. The minimum atomic E-state index is -0.188. The summed E-state index contributed by atoms with van der Waals surface area (Å²) in [4.78, 5) is 12.2. The van der Waals surface area contributed by atoms with Crippen molar-refractivity contribution in [3.05, 3.63) is 54.1 Å². The third-order valence-electron chi connectivity index (χ3n) is 4.01. The first-order valence-electron chi connectivity index (χ1n) is 8.88. The molecular weight excluding hydrogens is 314 g/mol. The molecule has 2 rings (SSSR count). The molecule has 0 aliphatic heterocycles. The zero-order valence-electron chi connectivity index (χ0n) is 15.2. The SMILES string of the molecule is CCCOc1cccc(NC(=O)COc2ccccc2C(C)CC)c1. The van der Waals surface area contributed by atoms with E-state index in [0.717, 1.165) is 29.9 Å². The van der Waals surface area contributed by atoms with Gasteiger partial charge in [0.2, 0.25) is 0 Å². The van der Waals surface area contributed by atoms with Crippen molar-refractivity contribution >= 4 is 11.6 Å². The van der Waals surface area contributed by atoms with Gasteiger partial charge in [-0.3, -0.25) is 4.79 Å². The summed E-state index contributed by atoms with van der Waals surface area (Å²) in [6.45, 7) is 6.99. The van der Waals surface area contributed by atoms with Crippen LogP contribution in [0, 0.1) is 0 Å². The van der Waals surface area contributed by atoms with Gasteiger partial charge in [-0.25, -0.2) is 0 Å². The van der Waals surface area contributed by atoms with Gasteiger partial charge in [0.25, 0.3) is 5.91 Å². The zero-order chi connectivity index (χ0) is 18.1. The Morgan fingerprint density at radius 3 is 2.64 bits per heavy atom. The molecule has 1 amide bonds. The fourth-order valence-corrected chi connectivity index (χ4v) is 2.46. The van der Waals surface area contributed by atoms with E-state index in [0.29, 0.717) is 18.2 Å². The number of carbonyl (C=O) groups excluding carboxylic acids is 1. The summed E-state index contributed by atoms with van der Waals surface area (Å²) < 4.78 is 11.3. The number of ether oxygens (including phenoxy) is 2. The predicted octanol–water partition coefficient (Wildman–Crippen LogP) is 5.01. The van der Waals surface area contributed by atoms with Crippen LogP contribution in [0.5, 0.6) is 11.5 Å². The van der Waals surface area contributed by atoms with Crippen LogP contribution in [0.4, 0.5) is 5.69 Å². The molecule has 1 atom stereocenters. The molecule has 1 unspecified atom stereocenters. The molecule has 0 bridgehead atoms. The quantitative estimate of drug-likeness (QED) is 0.698. The Morgan fingerprint density at radius 1 is 1.08 bits per heavy atom. The van der Waals surface area contributed by atoms with Gasteiger partial charge in [-0.1, -0.05) is 45.0 Å². The van der Waals surface area contributed by atoms with E-state index in [1.54, 1.807) is 0 Å². The monoisotopic (exact) mass is 341 g/mol. The number of nitrogens with one attached hydrogen (secondary N) is 1. The van der Waals surface area contributed by atoms with Crippen molar-refractivity contribution in [2.75, 3.05) is 18.5 Å². The molecule has 0 saturated heterocycles. The van der Waals surface area contributed by atoms with Gasteiger partial charge in [-0.2, -0.15) is 0 Å². The second-order valence-electron chi connectivity index (χ2n) is 6.06. The molecule has 0 spiro atoms. The van der Waals surface area contributed by atoms with Crippen molar-refractivity contribution in [3.8, 4) is 11.5 Å². The first-order valence-corrected chi connectivity index (χ1v) is 8.88. The van der Waals surface area contributed by atoms with Crippen LogP contribution in [0.3, 0.4) is 0 Å². The summed E-state index contributed by atoms with van der Waals surface area (Å²) in [5.74, 6) is 1.73. The Morgan fingerprint density at radius 2 is 1.88 bits per heavy atom. The highest BCUT2D eigenvalue weighted by Gasteiger charge is 2.11. The van der Waals surface area contributed by atoms with E-state index < -0.39 is 0 Å². The number of hydrogen-bond acceptors (Lipinski definition) is 3. The van der Waals surface area contributed by atoms with Gasteiger partial charge in [0, 0.05) is 11.8 Å². The molecule has 2 aromatic carbocycles. The van der Waals surface area contributed by atoms with Crippen molar-refractivity contribution in [3.63, 3.8) is 0 Å². The van der Waals surface area contributed by atoms with Crippen LogP contribution in [-0.4, -0.2) is 19.1 Å². The summed E-state index contributed by atoms with van der Waals surface area (Å²) >= 11 is 0. The zero-order valence-corrected chi connectivity index (χ0v) is 15.2. The van der Waals surface area contributed by atoms with Crippen LogP contribution in [0.1, 0.15) is 45.1 Å². The highest BCUT2D eigenvalue weighted by atomic mass is 16.5. The molecule has 0 aromatic heterocycles. The Balaban J connectivity index is 1.93. The fraction of sp³-hybridized carbons (Fsp3) is 0.381. The summed E-state index contributed by atoms with van der Waals surface area (Å²) in [7, 11) is 0. The Bertz CT molecular complexity index is 684.